The van der Waals surface area contributed by atoms with Crippen molar-refractivity contribution in [2.24, 2.45) is 17.8 Å². The van der Waals surface area contributed by atoms with Gasteiger partial charge in [-0.3, -0.25) is 9.59 Å². The molecule has 0 saturated heterocycles. The lowest BCUT2D eigenvalue weighted by atomic mass is 9.87. The first kappa shape index (κ1) is 25.7. The summed E-state index contributed by atoms with van der Waals surface area (Å²) in [5, 5.41) is 3.05. The molecule has 2 aliphatic rings. The van der Waals surface area contributed by atoms with Crippen molar-refractivity contribution >= 4 is 11.7 Å². The standard InChI is InChI=1S/C30H45NO2/c1-23(15-17-25-10-6-5-7-11-25)14-16-24(2)27-20-21-29(32)28(27)12-8-3-4-9-13-30(33)31-22-26-18-19-26/h5-7,10-11,23-24,26H,3-4,8-9,12-22H2,1-2H3,(H,31,33). The molecular formula is C30H45NO2. The Morgan fingerprint density at radius 2 is 1.70 bits per heavy atom. The molecule has 3 nitrogen and oxygen atoms in total. The second kappa shape index (κ2) is 13.7. The molecule has 1 saturated carbocycles. The molecule has 33 heavy (non-hydrogen) atoms. The number of carbonyl (C=O) groups is 2. The van der Waals surface area contributed by atoms with Crippen molar-refractivity contribution in [3.05, 3.63) is 47.0 Å². The maximum Gasteiger partial charge on any atom is 0.220 e. The quantitative estimate of drug-likeness (QED) is 0.270. The first-order valence-corrected chi connectivity index (χ1v) is 13.6. The summed E-state index contributed by atoms with van der Waals surface area (Å²) in [6, 6.07) is 10.8. The number of carbonyl (C=O) groups excluding carboxylic acids is 2. The zero-order valence-electron chi connectivity index (χ0n) is 21.0. The lowest BCUT2D eigenvalue weighted by Gasteiger charge is -2.18. The second-order valence-electron chi connectivity index (χ2n) is 10.7. The normalized spacial score (nSPS) is 17.9. The fourth-order valence-electron chi connectivity index (χ4n) is 5.09. The molecule has 3 heteroatoms. The molecule has 2 unspecified atom stereocenters. The van der Waals surface area contributed by atoms with Crippen molar-refractivity contribution in [2.75, 3.05) is 6.54 Å². The van der Waals surface area contributed by atoms with Gasteiger partial charge in [0.05, 0.1) is 0 Å². The van der Waals surface area contributed by atoms with E-state index in [1.54, 1.807) is 0 Å². The summed E-state index contributed by atoms with van der Waals surface area (Å²) in [4.78, 5) is 24.4. The number of benzene rings is 1. The lowest BCUT2D eigenvalue weighted by molar-refractivity contribution is -0.121. The van der Waals surface area contributed by atoms with Gasteiger partial charge in [0, 0.05) is 19.4 Å². The van der Waals surface area contributed by atoms with E-state index in [2.05, 4.69) is 49.5 Å². The van der Waals surface area contributed by atoms with Crippen LogP contribution in [-0.2, 0) is 16.0 Å². The number of nitrogens with one attached hydrogen (secondary N) is 1. The maximum absolute atomic E-state index is 12.5. The highest BCUT2D eigenvalue weighted by molar-refractivity contribution is 5.98. The molecule has 0 radical (unpaired) electrons. The zero-order valence-corrected chi connectivity index (χ0v) is 21.0. The van der Waals surface area contributed by atoms with Gasteiger partial charge in [0.1, 0.15) is 0 Å². The minimum Gasteiger partial charge on any atom is -0.356 e. The summed E-state index contributed by atoms with van der Waals surface area (Å²) in [5.74, 6) is 2.61. The van der Waals surface area contributed by atoms with Gasteiger partial charge >= 0.3 is 0 Å². The summed E-state index contributed by atoms with van der Waals surface area (Å²) >= 11 is 0. The van der Waals surface area contributed by atoms with E-state index in [0.717, 1.165) is 75.3 Å². The molecular weight excluding hydrogens is 406 g/mol. The third-order valence-electron chi connectivity index (χ3n) is 7.67. The van der Waals surface area contributed by atoms with Crippen molar-refractivity contribution in [3.8, 4) is 0 Å². The highest BCUT2D eigenvalue weighted by Crippen LogP contribution is 2.35. The molecule has 0 aromatic heterocycles. The van der Waals surface area contributed by atoms with Gasteiger partial charge in [0.25, 0.3) is 0 Å². The van der Waals surface area contributed by atoms with E-state index < -0.39 is 0 Å². The summed E-state index contributed by atoms with van der Waals surface area (Å²) in [6.45, 7) is 5.58. The largest absolute Gasteiger partial charge is 0.356 e. The Balaban J connectivity index is 1.31. The lowest BCUT2D eigenvalue weighted by Crippen LogP contribution is -2.25. The molecule has 2 atom stereocenters. The monoisotopic (exact) mass is 451 g/mol. The van der Waals surface area contributed by atoms with E-state index in [-0.39, 0.29) is 5.91 Å². The molecule has 0 heterocycles. The second-order valence-corrected chi connectivity index (χ2v) is 10.7. The molecule has 1 N–H and O–H groups in total. The van der Waals surface area contributed by atoms with Gasteiger partial charge in [0.15, 0.2) is 5.78 Å². The van der Waals surface area contributed by atoms with E-state index in [4.69, 9.17) is 0 Å². The molecule has 1 aromatic rings. The van der Waals surface area contributed by atoms with Crippen LogP contribution >= 0.6 is 0 Å². The molecule has 0 spiro atoms. The Bertz CT molecular complexity index is 778. The molecule has 3 rings (SSSR count). The SMILES string of the molecule is CC(CCc1ccccc1)CCC(C)C1=C(CCCCCCC(=O)NCC2CC2)C(=O)CC1. The van der Waals surface area contributed by atoms with Crippen LogP contribution in [0.2, 0.25) is 0 Å². The topological polar surface area (TPSA) is 46.2 Å². The first-order valence-electron chi connectivity index (χ1n) is 13.6. The van der Waals surface area contributed by atoms with Crippen LogP contribution in [0.3, 0.4) is 0 Å². The summed E-state index contributed by atoms with van der Waals surface area (Å²) in [5.41, 5.74) is 4.04. The van der Waals surface area contributed by atoms with Crippen LogP contribution in [0, 0.1) is 17.8 Å². The summed E-state index contributed by atoms with van der Waals surface area (Å²) < 4.78 is 0. The number of Topliss-reactive ketones (excluding diaryl/α,β-unsaturated/α-hetero) is 1. The van der Waals surface area contributed by atoms with E-state index in [1.165, 1.54) is 43.2 Å². The Kier molecular flexibility index (Phi) is 10.7. The smallest absolute Gasteiger partial charge is 0.220 e. The van der Waals surface area contributed by atoms with Crippen LogP contribution in [0.1, 0.15) is 103 Å². The minimum absolute atomic E-state index is 0.213. The van der Waals surface area contributed by atoms with E-state index >= 15 is 0 Å². The van der Waals surface area contributed by atoms with Crippen LogP contribution in [-0.4, -0.2) is 18.2 Å². The average Bonchev–Trinajstić information content (AvgIpc) is 3.59. The van der Waals surface area contributed by atoms with Gasteiger partial charge in [-0.1, -0.05) is 69.0 Å². The molecule has 1 amide bonds. The van der Waals surface area contributed by atoms with Crippen LogP contribution in [0.25, 0.3) is 0 Å². The Labute approximate surface area is 201 Å². The van der Waals surface area contributed by atoms with Crippen LogP contribution < -0.4 is 5.32 Å². The molecule has 0 aliphatic heterocycles. The van der Waals surface area contributed by atoms with Crippen molar-refractivity contribution in [3.63, 3.8) is 0 Å². The summed E-state index contributed by atoms with van der Waals surface area (Å²) in [7, 11) is 0. The molecule has 182 valence electrons. The van der Waals surface area contributed by atoms with Gasteiger partial charge in [-0.2, -0.15) is 0 Å². The van der Waals surface area contributed by atoms with E-state index in [0.29, 0.717) is 18.1 Å². The number of rotatable bonds is 16. The highest BCUT2D eigenvalue weighted by Gasteiger charge is 2.26. The van der Waals surface area contributed by atoms with Gasteiger partial charge in [-0.15, -0.1) is 0 Å². The van der Waals surface area contributed by atoms with Crippen LogP contribution in [0.4, 0.5) is 0 Å². The first-order chi connectivity index (χ1) is 16.0. The van der Waals surface area contributed by atoms with Crippen LogP contribution in [0.15, 0.2) is 41.5 Å². The number of amides is 1. The zero-order chi connectivity index (χ0) is 23.5. The van der Waals surface area contributed by atoms with Crippen molar-refractivity contribution in [1.29, 1.82) is 0 Å². The molecule has 1 aromatic carbocycles. The van der Waals surface area contributed by atoms with Gasteiger partial charge < -0.3 is 5.32 Å². The van der Waals surface area contributed by atoms with Crippen molar-refractivity contribution < 1.29 is 9.59 Å². The number of hydrogen-bond donors (Lipinski definition) is 1. The van der Waals surface area contributed by atoms with E-state index in [1.807, 2.05) is 0 Å². The maximum atomic E-state index is 12.5. The number of allylic oxidation sites excluding steroid dienone is 2. The molecule has 2 aliphatic carbocycles. The fourth-order valence-corrected chi connectivity index (χ4v) is 5.09. The minimum atomic E-state index is 0.213. The third kappa shape index (κ3) is 9.47. The predicted molar refractivity (Wildman–Crippen MR) is 137 cm³/mol. The predicted octanol–water partition coefficient (Wildman–Crippen LogP) is 7.20. The molecule has 0 bridgehead atoms. The third-order valence-corrected chi connectivity index (χ3v) is 7.67. The number of aryl methyl sites for hydroxylation is 1. The molecule has 1 fully saturated rings. The number of ketones is 1. The highest BCUT2D eigenvalue weighted by atomic mass is 16.1. The summed E-state index contributed by atoms with van der Waals surface area (Å²) in [6.07, 6.45) is 14.9. The Morgan fingerprint density at radius 1 is 0.939 bits per heavy atom. The van der Waals surface area contributed by atoms with Gasteiger partial charge in [-0.25, -0.2) is 0 Å². The van der Waals surface area contributed by atoms with Crippen molar-refractivity contribution in [2.45, 2.75) is 104 Å². The Hall–Kier alpha value is -1.90. The Morgan fingerprint density at radius 3 is 2.45 bits per heavy atom. The fraction of sp³-hybridized carbons (Fsp3) is 0.667. The average molecular weight is 452 g/mol. The van der Waals surface area contributed by atoms with Crippen molar-refractivity contribution in [1.82, 2.24) is 5.32 Å². The van der Waals surface area contributed by atoms with Gasteiger partial charge in [-0.05, 0) is 86.7 Å². The van der Waals surface area contributed by atoms with Gasteiger partial charge in [0.2, 0.25) is 5.91 Å². The van der Waals surface area contributed by atoms with E-state index in [9.17, 15) is 9.59 Å². The van der Waals surface area contributed by atoms with Crippen LogP contribution in [0.5, 0.6) is 0 Å². The number of hydrogen-bond acceptors (Lipinski definition) is 2. The number of unbranched alkanes of at least 4 members (excludes halogenated alkanes) is 3.